The number of aliphatic hydroxyl groups is 1. The van der Waals surface area contributed by atoms with Gasteiger partial charge in [0.1, 0.15) is 11.1 Å². The van der Waals surface area contributed by atoms with E-state index in [0.29, 0.717) is 0 Å². The summed E-state index contributed by atoms with van der Waals surface area (Å²) in [7, 11) is 0. The first kappa shape index (κ1) is 30.9. The molecule has 28 heavy (non-hydrogen) atoms. The molecule has 8 heteroatoms. The Labute approximate surface area is 170 Å². The molecule has 0 aromatic heterocycles. The number of esters is 1. The first-order chi connectivity index (χ1) is 12.1. The molecule has 0 aliphatic rings. The number of ether oxygens (including phenoxy) is 2. The highest BCUT2D eigenvalue weighted by atomic mass is 16.6. The van der Waals surface area contributed by atoms with E-state index in [1.807, 2.05) is 34.6 Å². The lowest BCUT2D eigenvalue weighted by Gasteiger charge is -2.25. The molecule has 0 rings (SSSR count). The molecule has 0 aliphatic carbocycles. The van der Waals surface area contributed by atoms with Crippen molar-refractivity contribution in [1.82, 2.24) is 5.32 Å². The van der Waals surface area contributed by atoms with Crippen molar-refractivity contribution < 1.29 is 34.1 Å². The zero-order valence-electron chi connectivity index (χ0n) is 19.6. The van der Waals surface area contributed by atoms with Gasteiger partial charge in [-0.2, -0.15) is 0 Å². The quantitative estimate of drug-likeness (QED) is 0.609. The molecule has 0 spiro atoms. The Morgan fingerprint density at radius 1 is 0.857 bits per heavy atom. The van der Waals surface area contributed by atoms with Crippen molar-refractivity contribution in [1.29, 1.82) is 0 Å². The number of carbonyl (C=O) groups excluding carboxylic acids is 2. The van der Waals surface area contributed by atoms with Gasteiger partial charge < -0.3 is 25.0 Å². The summed E-state index contributed by atoms with van der Waals surface area (Å²) in [6.07, 6.45) is -0.906. The van der Waals surface area contributed by atoms with Crippen molar-refractivity contribution in [2.24, 2.45) is 5.41 Å². The van der Waals surface area contributed by atoms with Crippen LogP contribution in [0.4, 0.5) is 4.79 Å². The second kappa shape index (κ2) is 12.6. The minimum Gasteiger partial charge on any atom is -0.480 e. The van der Waals surface area contributed by atoms with Crippen molar-refractivity contribution in [2.75, 3.05) is 0 Å². The lowest BCUT2D eigenvalue weighted by atomic mass is 9.97. The number of nitrogens with one attached hydrogen (secondary N) is 1. The Kier molecular flexibility index (Phi) is 13.9. The summed E-state index contributed by atoms with van der Waals surface area (Å²) in [5.74, 6) is -1.24. The molecule has 0 heterocycles. The molecular formula is C20H41NO7. The number of carboxylic acids is 1. The van der Waals surface area contributed by atoms with Gasteiger partial charge in [-0.25, -0.2) is 9.59 Å². The third-order valence-electron chi connectivity index (χ3n) is 2.30. The van der Waals surface area contributed by atoms with Gasteiger partial charge in [-0.05, 0) is 83.1 Å². The van der Waals surface area contributed by atoms with Crippen LogP contribution in [-0.4, -0.2) is 51.6 Å². The molecule has 1 amide bonds. The van der Waals surface area contributed by atoms with Gasteiger partial charge in [-0.3, -0.25) is 4.79 Å². The molecule has 8 nitrogen and oxygen atoms in total. The highest BCUT2D eigenvalue weighted by Crippen LogP contribution is 2.15. The van der Waals surface area contributed by atoms with Gasteiger partial charge in [0.25, 0.3) is 0 Å². The number of hydrogen-bond acceptors (Lipinski definition) is 6. The van der Waals surface area contributed by atoms with E-state index < -0.39 is 23.2 Å². The number of rotatable bonds is 3. The summed E-state index contributed by atoms with van der Waals surface area (Å²) in [4.78, 5) is 32.9. The third kappa shape index (κ3) is 22.2. The van der Waals surface area contributed by atoms with E-state index in [1.54, 1.807) is 34.6 Å². The molecule has 168 valence electrons. The highest BCUT2D eigenvalue weighted by molar-refractivity contribution is 5.83. The zero-order valence-corrected chi connectivity index (χ0v) is 19.6. The fourth-order valence-corrected chi connectivity index (χ4v) is 1.00. The molecule has 0 aromatic carbocycles. The van der Waals surface area contributed by atoms with Crippen LogP contribution in [0.5, 0.6) is 0 Å². The van der Waals surface area contributed by atoms with Crippen molar-refractivity contribution in [3.05, 3.63) is 0 Å². The minimum atomic E-state index is -1.32. The van der Waals surface area contributed by atoms with E-state index >= 15 is 0 Å². The van der Waals surface area contributed by atoms with Gasteiger partial charge in [0, 0.05) is 6.10 Å². The topological polar surface area (TPSA) is 122 Å². The molecular weight excluding hydrogens is 366 g/mol. The average Bonchev–Trinajstić information content (AvgIpc) is 2.32. The van der Waals surface area contributed by atoms with Gasteiger partial charge in [-0.1, -0.05) is 0 Å². The first-order valence-corrected chi connectivity index (χ1v) is 9.25. The summed E-state index contributed by atoms with van der Waals surface area (Å²) >= 11 is 0. The average molecular weight is 408 g/mol. The largest absolute Gasteiger partial charge is 0.480 e. The second-order valence-electron chi connectivity index (χ2n) is 9.35. The Hall–Kier alpha value is -1.83. The normalized spacial score (nSPS) is 11.5. The van der Waals surface area contributed by atoms with Crippen LogP contribution in [0.15, 0.2) is 0 Å². The van der Waals surface area contributed by atoms with Crippen molar-refractivity contribution in [3.8, 4) is 0 Å². The third-order valence-corrected chi connectivity index (χ3v) is 2.30. The molecule has 3 N–H and O–H groups in total. The van der Waals surface area contributed by atoms with E-state index in [0.717, 1.165) is 0 Å². The Morgan fingerprint density at radius 2 is 1.21 bits per heavy atom. The molecule has 0 saturated carbocycles. The number of aliphatic carboxylic acids is 1. The van der Waals surface area contributed by atoms with Crippen LogP contribution in [0.1, 0.15) is 83.1 Å². The molecule has 0 unspecified atom stereocenters. The number of carboxylic acid groups (broad SMARTS) is 1. The highest BCUT2D eigenvalue weighted by Gasteiger charge is 2.31. The Bertz CT molecular complexity index is 481. The van der Waals surface area contributed by atoms with Gasteiger partial charge in [0.05, 0.1) is 11.5 Å². The number of hydrogen-bond donors (Lipinski definition) is 3. The summed E-state index contributed by atoms with van der Waals surface area (Å²) in [6.45, 7) is 20.6. The van der Waals surface area contributed by atoms with Gasteiger partial charge in [-0.15, -0.1) is 0 Å². The maximum absolute atomic E-state index is 11.2. The fraction of sp³-hybridized carbons (Fsp3) is 0.850. The van der Waals surface area contributed by atoms with Crippen molar-refractivity contribution >= 4 is 18.0 Å². The molecule has 0 fully saturated rings. The number of aliphatic hydroxyl groups excluding tert-OH is 1. The number of alkyl carbamates (subject to hydrolysis) is 1. The predicted octanol–water partition coefficient (Wildman–Crippen LogP) is 3.75. The van der Waals surface area contributed by atoms with Crippen molar-refractivity contribution in [3.63, 3.8) is 0 Å². The first-order valence-electron chi connectivity index (χ1n) is 9.25. The predicted molar refractivity (Wildman–Crippen MR) is 109 cm³/mol. The molecule has 0 saturated heterocycles. The smallest absolute Gasteiger partial charge is 0.408 e. The van der Waals surface area contributed by atoms with E-state index in [4.69, 9.17) is 19.7 Å². The van der Waals surface area contributed by atoms with Crippen LogP contribution in [0.25, 0.3) is 0 Å². The molecule has 0 aliphatic heterocycles. The van der Waals surface area contributed by atoms with E-state index in [-0.39, 0.29) is 23.6 Å². The van der Waals surface area contributed by atoms with Gasteiger partial charge >= 0.3 is 18.0 Å². The molecule has 0 atom stereocenters. The van der Waals surface area contributed by atoms with Crippen LogP contribution < -0.4 is 5.32 Å². The fourth-order valence-electron chi connectivity index (χ4n) is 1.00. The van der Waals surface area contributed by atoms with Gasteiger partial charge in [0.15, 0.2) is 0 Å². The lowest BCUT2D eigenvalue weighted by Crippen LogP contribution is -2.51. The summed E-state index contributed by atoms with van der Waals surface area (Å²) in [5, 5.41) is 19.0. The van der Waals surface area contributed by atoms with E-state index in [1.165, 1.54) is 13.8 Å². The standard InChI is InChI=1S/C9H17NO4.C8H16O2.C3H8O/c1-8(2,3)14-7(13)10-9(4,5)6(11)12;1-6(2)10-7(9)8(3,4)5;1-3(2)4/h1-5H3,(H,10,13)(H,11,12);6H,1-5H3;3-4H,1-2H3. The second-order valence-corrected chi connectivity index (χ2v) is 9.35. The SMILES string of the molecule is CC(C)(C)OC(=O)NC(C)(C)C(=O)O.CC(C)O.CC(C)OC(=O)C(C)(C)C. The van der Waals surface area contributed by atoms with E-state index in [2.05, 4.69) is 5.32 Å². The summed E-state index contributed by atoms with van der Waals surface area (Å²) in [5.41, 5.74) is -2.31. The van der Waals surface area contributed by atoms with Crippen LogP contribution in [0.3, 0.4) is 0 Å². The van der Waals surface area contributed by atoms with Crippen LogP contribution >= 0.6 is 0 Å². The molecule has 0 bridgehead atoms. The zero-order chi connectivity index (χ0) is 23.5. The summed E-state index contributed by atoms with van der Waals surface area (Å²) < 4.78 is 9.89. The number of carbonyl (C=O) groups is 3. The Balaban J connectivity index is -0.000000388. The Morgan fingerprint density at radius 3 is 1.39 bits per heavy atom. The molecule has 0 radical (unpaired) electrons. The minimum absolute atomic E-state index is 0.00766. The van der Waals surface area contributed by atoms with Crippen LogP contribution in [0, 0.1) is 5.41 Å². The van der Waals surface area contributed by atoms with Crippen LogP contribution in [-0.2, 0) is 19.1 Å². The maximum Gasteiger partial charge on any atom is 0.408 e. The molecule has 0 aromatic rings. The lowest BCUT2D eigenvalue weighted by molar-refractivity contribution is -0.156. The monoisotopic (exact) mass is 407 g/mol. The summed E-state index contributed by atoms with van der Waals surface area (Å²) in [6, 6.07) is 0. The maximum atomic E-state index is 11.2. The van der Waals surface area contributed by atoms with E-state index in [9.17, 15) is 14.4 Å². The van der Waals surface area contributed by atoms with Gasteiger partial charge in [0.2, 0.25) is 0 Å². The van der Waals surface area contributed by atoms with Crippen molar-refractivity contribution in [2.45, 2.75) is 106 Å². The van der Waals surface area contributed by atoms with Crippen LogP contribution in [0.2, 0.25) is 0 Å². The number of amides is 1.